The number of aromatic nitrogens is 2. The molecule has 11 nitrogen and oxygen atoms in total. The molecule has 3 atom stereocenters. The molecule has 0 aliphatic heterocycles. The first-order valence-corrected chi connectivity index (χ1v) is 17.8. The second kappa shape index (κ2) is 18.9. The zero-order valence-corrected chi connectivity index (χ0v) is 29.3. The summed E-state index contributed by atoms with van der Waals surface area (Å²) in [5, 5.41) is 12.0. The predicted molar refractivity (Wildman–Crippen MR) is 190 cm³/mol. The normalized spacial score (nSPS) is 12.9. The summed E-state index contributed by atoms with van der Waals surface area (Å²) in [7, 11) is 1.68. The lowest BCUT2D eigenvalue weighted by Gasteiger charge is -2.27. The Morgan fingerprint density at radius 2 is 1.67 bits per heavy atom. The van der Waals surface area contributed by atoms with Crippen molar-refractivity contribution in [1.29, 1.82) is 0 Å². The molecule has 4 aromatic rings. The number of alkyl carbamates (subject to hydrolysis) is 1. The number of carbonyl (C=O) groups is 3. The maximum atomic E-state index is 13.7. The standard InChI is InChI=1S/C35H45N7O4S2/c1-24(2)33-38-28(22-47-33)20-42(3)34(44)41-31(16-17-36)32(43)40-30(26-12-8-5-9-13-26)15-14-27(18-25-10-6-4-7-11-25)39-35(45)46-21-29-19-37-23-48-29/h4-13,19,22-24,27,30-31H,14-18,20-21,36H2,1-3H3,(H,39,45)(H,40,43)(H,41,44)/t27-,30?,31-/m0/s1. The minimum absolute atomic E-state index is 0.142. The van der Waals surface area contributed by atoms with Gasteiger partial charge in [0.25, 0.3) is 0 Å². The van der Waals surface area contributed by atoms with Gasteiger partial charge in [-0.1, -0.05) is 74.5 Å². The highest BCUT2D eigenvalue weighted by Crippen LogP contribution is 2.22. The monoisotopic (exact) mass is 691 g/mol. The Morgan fingerprint density at radius 3 is 2.31 bits per heavy atom. The van der Waals surface area contributed by atoms with Crippen LogP contribution in [-0.2, 0) is 29.1 Å². The van der Waals surface area contributed by atoms with Gasteiger partial charge >= 0.3 is 12.1 Å². The molecule has 256 valence electrons. The van der Waals surface area contributed by atoms with Gasteiger partial charge in [-0.05, 0) is 43.4 Å². The van der Waals surface area contributed by atoms with Gasteiger partial charge in [0.1, 0.15) is 12.6 Å². The van der Waals surface area contributed by atoms with Crippen molar-refractivity contribution in [3.63, 3.8) is 0 Å². The zero-order valence-electron chi connectivity index (χ0n) is 27.6. The van der Waals surface area contributed by atoms with E-state index in [1.54, 1.807) is 30.1 Å². The number of carbonyl (C=O) groups excluding carboxylic acids is 3. The van der Waals surface area contributed by atoms with Crippen LogP contribution in [0.5, 0.6) is 0 Å². The Bertz CT molecular complexity index is 1550. The number of rotatable bonds is 17. The molecule has 5 N–H and O–H groups in total. The van der Waals surface area contributed by atoms with Gasteiger partial charge in [-0.15, -0.1) is 22.7 Å². The Morgan fingerprint density at radius 1 is 0.938 bits per heavy atom. The van der Waals surface area contributed by atoms with Crippen LogP contribution >= 0.6 is 22.7 Å². The summed E-state index contributed by atoms with van der Waals surface area (Å²) in [6.45, 7) is 4.84. The third-order valence-electron chi connectivity index (χ3n) is 7.68. The molecule has 2 heterocycles. The smallest absolute Gasteiger partial charge is 0.407 e. The van der Waals surface area contributed by atoms with E-state index >= 15 is 0 Å². The van der Waals surface area contributed by atoms with Gasteiger partial charge < -0.3 is 31.3 Å². The van der Waals surface area contributed by atoms with Crippen molar-refractivity contribution >= 4 is 40.7 Å². The van der Waals surface area contributed by atoms with E-state index in [9.17, 15) is 14.4 Å². The third-order valence-corrected chi connectivity index (χ3v) is 9.62. The van der Waals surface area contributed by atoms with E-state index in [1.807, 2.05) is 66.0 Å². The zero-order chi connectivity index (χ0) is 34.3. The molecule has 0 bridgehead atoms. The molecule has 4 rings (SSSR count). The van der Waals surface area contributed by atoms with Gasteiger partial charge in [-0.3, -0.25) is 9.78 Å². The second-order valence-electron chi connectivity index (χ2n) is 11.9. The molecular weight excluding hydrogens is 647 g/mol. The van der Waals surface area contributed by atoms with Gasteiger partial charge in [0.2, 0.25) is 5.91 Å². The summed E-state index contributed by atoms with van der Waals surface area (Å²) in [6, 6.07) is 17.7. The number of amides is 4. The maximum absolute atomic E-state index is 13.7. The number of benzene rings is 2. The maximum Gasteiger partial charge on any atom is 0.407 e. The molecule has 0 aliphatic carbocycles. The highest BCUT2D eigenvalue weighted by molar-refractivity contribution is 7.09. The Labute approximate surface area is 290 Å². The number of hydrogen-bond donors (Lipinski definition) is 4. The molecule has 48 heavy (non-hydrogen) atoms. The van der Waals surface area contributed by atoms with Crippen LogP contribution in [0, 0.1) is 0 Å². The van der Waals surface area contributed by atoms with Crippen molar-refractivity contribution in [2.45, 2.75) is 76.7 Å². The SMILES string of the molecule is CC(C)c1nc(CN(C)C(=O)N[C@@H](CCN)C(=O)NC(CC[C@@H](Cc2ccccc2)NC(=O)OCc2cncs2)c2ccccc2)cs1. The number of thiazole rings is 2. The van der Waals surface area contributed by atoms with Crippen LogP contribution < -0.4 is 21.7 Å². The lowest BCUT2D eigenvalue weighted by molar-refractivity contribution is -0.123. The van der Waals surface area contributed by atoms with E-state index in [1.165, 1.54) is 16.2 Å². The van der Waals surface area contributed by atoms with E-state index in [0.29, 0.717) is 31.7 Å². The van der Waals surface area contributed by atoms with E-state index in [2.05, 4.69) is 39.8 Å². The number of nitrogens with zero attached hydrogens (tertiary/aromatic N) is 3. The van der Waals surface area contributed by atoms with Gasteiger partial charge in [-0.25, -0.2) is 14.6 Å². The minimum atomic E-state index is -0.835. The molecule has 0 saturated carbocycles. The number of nitrogens with two attached hydrogens (primary N) is 1. The minimum Gasteiger partial charge on any atom is -0.444 e. The second-order valence-corrected chi connectivity index (χ2v) is 13.8. The highest BCUT2D eigenvalue weighted by Gasteiger charge is 2.26. The Kier molecular flexibility index (Phi) is 14.3. The summed E-state index contributed by atoms with van der Waals surface area (Å²) in [5.41, 5.74) is 10.4. The quantitative estimate of drug-likeness (QED) is 0.110. The molecule has 4 amide bonds. The van der Waals surface area contributed by atoms with Crippen LogP contribution in [0.15, 0.2) is 77.8 Å². The van der Waals surface area contributed by atoms with Crippen molar-refractivity contribution in [3.05, 3.63) is 104 Å². The number of nitrogens with one attached hydrogen (secondary N) is 3. The van der Waals surface area contributed by atoms with Crippen LogP contribution in [0.2, 0.25) is 0 Å². The molecule has 2 aromatic heterocycles. The van der Waals surface area contributed by atoms with Gasteiger partial charge in [0.05, 0.1) is 33.7 Å². The molecular formula is C35H45N7O4S2. The van der Waals surface area contributed by atoms with E-state index < -0.39 is 12.1 Å². The molecule has 0 spiro atoms. The summed E-state index contributed by atoms with van der Waals surface area (Å²) < 4.78 is 5.47. The summed E-state index contributed by atoms with van der Waals surface area (Å²) >= 11 is 2.99. The van der Waals surface area contributed by atoms with Crippen molar-refractivity contribution in [3.8, 4) is 0 Å². The summed E-state index contributed by atoms with van der Waals surface area (Å²) in [5.74, 6) is -0.0196. The molecule has 0 radical (unpaired) electrons. The van der Waals surface area contributed by atoms with Crippen LogP contribution in [0.4, 0.5) is 9.59 Å². The average Bonchev–Trinajstić information content (AvgIpc) is 3.79. The van der Waals surface area contributed by atoms with Crippen molar-refractivity contribution in [1.82, 2.24) is 30.8 Å². The lowest BCUT2D eigenvalue weighted by Crippen LogP contribution is -2.51. The largest absolute Gasteiger partial charge is 0.444 e. The van der Waals surface area contributed by atoms with E-state index in [0.717, 1.165) is 26.7 Å². The van der Waals surface area contributed by atoms with Gasteiger partial charge in [-0.2, -0.15) is 0 Å². The highest BCUT2D eigenvalue weighted by atomic mass is 32.1. The predicted octanol–water partition coefficient (Wildman–Crippen LogP) is 5.76. The van der Waals surface area contributed by atoms with Crippen LogP contribution in [-0.4, -0.2) is 58.6 Å². The first kappa shape index (κ1) is 36.5. The fraction of sp³-hybridized carbons (Fsp3) is 0.400. The molecule has 0 aliphatic rings. The Balaban J connectivity index is 1.42. The number of hydrogen-bond acceptors (Lipinski definition) is 9. The van der Waals surface area contributed by atoms with Crippen LogP contribution in [0.3, 0.4) is 0 Å². The number of urea groups is 1. The Hall–Kier alpha value is -4.33. The molecule has 0 saturated heterocycles. The summed E-state index contributed by atoms with van der Waals surface area (Å²) in [6.07, 6.45) is 3.08. The van der Waals surface area contributed by atoms with Crippen molar-refractivity contribution in [2.24, 2.45) is 5.73 Å². The van der Waals surface area contributed by atoms with E-state index in [4.69, 9.17) is 10.5 Å². The first-order chi connectivity index (χ1) is 23.2. The van der Waals surface area contributed by atoms with Gasteiger partial charge in [0.15, 0.2) is 0 Å². The van der Waals surface area contributed by atoms with Crippen LogP contribution in [0.1, 0.15) is 71.8 Å². The fourth-order valence-corrected chi connectivity index (χ4v) is 6.43. The molecule has 13 heteroatoms. The van der Waals surface area contributed by atoms with E-state index in [-0.39, 0.29) is 43.6 Å². The van der Waals surface area contributed by atoms with Crippen molar-refractivity contribution in [2.75, 3.05) is 13.6 Å². The number of ether oxygens (including phenoxy) is 1. The fourth-order valence-electron chi connectivity index (χ4n) is 5.10. The molecule has 0 fully saturated rings. The van der Waals surface area contributed by atoms with Crippen LogP contribution in [0.25, 0.3) is 0 Å². The third kappa shape index (κ3) is 11.7. The van der Waals surface area contributed by atoms with Gasteiger partial charge in [0, 0.05) is 30.6 Å². The summed E-state index contributed by atoms with van der Waals surface area (Å²) in [4.78, 5) is 50.7. The molecule has 2 aromatic carbocycles. The average molecular weight is 692 g/mol. The molecule has 1 unspecified atom stereocenters. The first-order valence-electron chi connectivity index (χ1n) is 16.1. The topological polar surface area (TPSA) is 152 Å². The lowest BCUT2D eigenvalue weighted by atomic mass is 9.95. The van der Waals surface area contributed by atoms with Crippen molar-refractivity contribution < 1.29 is 19.1 Å².